The molecule has 0 bridgehead atoms. The molecule has 16 heavy (non-hydrogen) atoms. The van der Waals surface area contributed by atoms with Crippen molar-refractivity contribution in [3.8, 4) is 0 Å². The molecule has 0 aromatic carbocycles. The minimum absolute atomic E-state index is 0.104. The van der Waals surface area contributed by atoms with Gasteiger partial charge in [-0.05, 0) is 13.1 Å². The predicted molar refractivity (Wildman–Crippen MR) is 61.6 cm³/mol. The number of likely N-dealkylation sites (N-methyl/N-ethyl adjacent to an activating group) is 1. The van der Waals surface area contributed by atoms with Crippen LogP contribution < -0.4 is 4.72 Å². The molecule has 7 heteroatoms. The van der Waals surface area contributed by atoms with E-state index in [0.29, 0.717) is 13.1 Å². The first-order valence-corrected chi connectivity index (χ1v) is 6.78. The van der Waals surface area contributed by atoms with Gasteiger partial charge in [0.2, 0.25) is 0 Å². The van der Waals surface area contributed by atoms with Gasteiger partial charge in [-0.1, -0.05) is 13.8 Å². The van der Waals surface area contributed by atoms with E-state index in [9.17, 15) is 8.42 Å². The fourth-order valence-corrected chi connectivity index (χ4v) is 2.27. The highest BCUT2D eigenvalue weighted by molar-refractivity contribution is 7.89. The van der Waals surface area contributed by atoms with Gasteiger partial charge in [0.1, 0.15) is 0 Å². The fraction of sp³-hybridized carbons (Fsp3) is 0.667. The number of imidazole rings is 1. The van der Waals surface area contributed by atoms with E-state index in [1.807, 2.05) is 13.8 Å². The van der Waals surface area contributed by atoms with Crippen molar-refractivity contribution in [2.24, 2.45) is 0 Å². The number of nitrogens with zero attached hydrogens (tertiary/aromatic N) is 2. The quantitative estimate of drug-likeness (QED) is 0.711. The van der Waals surface area contributed by atoms with Gasteiger partial charge in [-0.15, -0.1) is 0 Å². The lowest BCUT2D eigenvalue weighted by atomic mass is 10.5. The van der Waals surface area contributed by atoms with Crippen LogP contribution in [0.2, 0.25) is 0 Å². The molecule has 0 spiro atoms. The summed E-state index contributed by atoms with van der Waals surface area (Å²) in [6, 6.07) is 0. The SMILES string of the molecule is CCN(CC)CCNS(=O)(=O)c1cnc[nH]1. The molecule has 0 aliphatic carbocycles. The molecule has 0 aliphatic heterocycles. The Morgan fingerprint density at radius 2 is 2.12 bits per heavy atom. The average Bonchev–Trinajstić information content (AvgIpc) is 2.78. The number of aromatic nitrogens is 2. The first-order valence-electron chi connectivity index (χ1n) is 5.30. The number of sulfonamides is 1. The van der Waals surface area contributed by atoms with Gasteiger partial charge in [-0.25, -0.2) is 18.1 Å². The third kappa shape index (κ3) is 3.58. The van der Waals surface area contributed by atoms with Crippen LogP contribution in [0.15, 0.2) is 17.6 Å². The van der Waals surface area contributed by atoms with Gasteiger partial charge in [0.05, 0.1) is 12.5 Å². The minimum Gasteiger partial charge on any atom is -0.335 e. The van der Waals surface area contributed by atoms with Crippen LogP contribution in [0.25, 0.3) is 0 Å². The number of nitrogens with one attached hydrogen (secondary N) is 2. The largest absolute Gasteiger partial charge is 0.335 e. The Morgan fingerprint density at radius 1 is 1.44 bits per heavy atom. The van der Waals surface area contributed by atoms with E-state index in [1.54, 1.807) is 0 Å². The lowest BCUT2D eigenvalue weighted by molar-refractivity contribution is 0.309. The molecule has 6 nitrogen and oxygen atoms in total. The number of hydrogen-bond acceptors (Lipinski definition) is 4. The zero-order chi connectivity index (χ0) is 12.0. The first kappa shape index (κ1) is 13.1. The Balaban J connectivity index is 2.44. The third-order valence-corrected chi connectivity index (χ3v) is 3.76. The summed E-state index contributed by atoms with van der Waals surface area (Å²) in [6.07, 6.45) is 2.64. The molecule has 0 saturated carbocycles. The number of rotatable bonds is 7. The molecule has 1 aromatic rings. The first-order chi connectivity index (χ1) is 7.60. The van der Waals surface area contributed by atoms with Crippen LogP contribution in [0.1, 0.15) is 13.8 Å². The summed E-state index contributed by atoms with van der Waals surface area (Å²) < 4.78 is 25.8. The van der Waals surface area contributed by atoms with Gasteiger partial charge in [-0.3, -0.25) is 0 Å². The minimum atomic E-state index is -3.42. The summed E-state index contributed by atoms with van der Waals surface area (Å²) >= 11 is 0. The normalized spacial score (nSPS) is 12.2. The van der Waals surface area contributed by atoms with E-state index in [4.69, 9.17) is 0 Å². The number of hydrogen-bond donors (Lipinski definition) is 2. The summed E-state index contributed by atoms with van der Waals surface area (Å²) in [5, 5.41) is 0.104. The van der Waals surface area contributed by atoms with Gasteiger partial charge in [0, 0.05) is 13.1 Å². The molecule has 0 atom stereocenters. The Labute approximate surface area is 96.1 Å². The van der Waals surface area contributed by atoms with E-state index >= 15 is 0 Å². The topological polar surface area (TPSA) is 78.1 Å². The molecule has 1 aromatic heterocycles. The van der Waals surface area contributed by atoms with Crippen molar-refractivity contribution in [2.75, 3.05) is 26.2 Å². The van der Waals surface area contributed by atoms with Gasteiger partial charge >= 0.3 is 0 Å². The Hall–Kier alpha value is -0.920. The van der Waals surface area contributed by atoms with E-state index < -0.39 is 10.0 Å². The highest BCUT2D eigenvalue weighted by Gasteiger charge is 2.14. The summed E-state index contributed by atoms with van der Waals surface area (Å²) in [4.78, 5) is 8.40. The molecule has 0 aliphatic rings. The summed E-state index contributed by atoms with van der Waals surface area (Å²) in [7, 11) is -3.42. The van der Waals surface area contributed by atoms with Crippen molar-refractivity contribution in [3.63, 3.8) is 0 Å². The molecular formula is C9H18N4O2S. The van der Waals surface area contributed by atoms with Crippen LogP contribution in [0.4, 0.5) is 0 Å². The maximum atomic E-state index is 11.7. The number of aromatic amines is 1. The lowest BCUT2D eigenvalue weighted by Gasteiger charge is -2.17. The molecule has 0 radical (unpaired) electrons. The van der Waals surface area contributed by atoms with Gasteiger partial charge in [0.15, 0.2) is 5.03 Å². The number of H-pyrrole nitrogens is 1. The zero-order valence-corrected chi connectivity index (χ0v) is 10.4. The van der Waals surface area contributed by atoms with Crippen LogP contribution >= 0.6 is 0 Å². The Morgan fingerprint density at radius 3 is 2.62 bits per heavy atom. The molecule has 0 unspecified atom stereocenters. The van der Waals surface area contributed by atoms with Crippen molar-refractivity contribution in [1.29, 1.82) is 0 Å². The molecule has 92 valence electrons. The molecule has 0 saturated heterocycles. The van der Waals surface area contributed by atoms with Crippen LogP contribution in [0.5, 0.6) is 0 Å². The molecule has 2 N–H and O–H groups in total. The van der Waals surface area contributed by atoms with Gasteiger partial charge < -0.3 is 9.88 Å². The molecular weight excluding hydrogens is 228 g/mol. The van der Waals surface area contributed by atoms with Crippen molar-refractivity contribution >= 4 is 10.0 Å². The highest BCUT2D eigenvalue weighted by Crippen LogP contribution is 2.00. The summed E-state index contributed by atoms with van der Waals surface area (Å²) in [5.74, 6) is 0. The maximum Gasteiger partial charge on any atom is 0.257 e. The fourth-order valence-electron chi connectivity index (χ4n) is 1.35. The zero-order valence-electron chi connectivity index (χ0n) is 9.60. The highest BCUT2D eigenvalue weighted by atomic mass is 32.2. The summed E-state index contributed by atoms with van der Waals surface area (Å²) in [6.45, 7) is 7.05. The second-order valence-corrected chi connectivity index (χ2v) is 5.08. The molecule has 0 amide bonds. The van der Waals surface area contributed by atoms with E-state index in [1.165, 1.54) is 12.5 Å². The Kier molecular flexibility index (Phi) is 4.91. The van der Waals surface area contributed by atoms with Crippen LogP contribution in [0.3, 0.4) is 0 Å². The second kappa shape index (κ2) is 5.97. The van der Waals surface area contributed by atoms with Crippen molar-refractivity contribution < 1.29 is 8.42 Å². The van der Waals surface area contributed by atoms with Crippen molar-refractivity contribution in [1.82, 2.24) is 19.6 Å². The predicted octanol–water partition coefficient (Wildman–Crippen LogP) is 0.0298. The lowest BCUT2D eigenvalue weighted by Crippen LogP contribution is -2.34. The van der Waals surface area contributed by atoms with Gasteiger partial charge in [0.25, 0.3) is 10.0 Å². The Bertz CT molecular complexity index is 384. The smallest absolute Gasteiger partial charge is 0.257 e. The molecule has 0 fully saturated rings. The van der Waals surface area contributed by atoms with E-state index in [0.717, 1.165) is 13.1 Å². The van der Waals surface area contributed by atoms with Crippen LogP contribution in [-0.4, -0.2) is 49.5 Å². The van der Waals surface area contributed by atoms with Gasteiger partial charge in [-0.2, -0.15) is 0 Å². The molecule has 1 rings (SSSR count). The van der Waals surface area contributed by atoms with Crippen molar-refractivity contribution in [2.45, 2.75) is 18.9 Å². The average molecular weight is 246 g/mol. The standard InChI is InChI=1S/C9H18N4O2S/c1-3-13(4-2)6-5-12-16(14,15)9-7-10-8-11-9/h7-8,12H,3-6H2,1-2H3,(H,10,11). The molecule has 1 heterocycles. The monoisotopic (exact) mass is 246 g/mol. The van der Waals surface area contributed by atoms with Crippen LogP contribution in [0, 0.1) is 0 Å². The van der Waals surface area contributed by atoms with E-state index in [2.05, 4.69) is 19.6 Å². The van der Waals surface area contributed by atoms with E-state index in [-0.39, 0.29) is 5.03 Å². The maximum absolute atomic E-state index is 11.7. The second-order valence-electron chi connectivity index (χ2n) is 3.34. The third-order valence-electron chi connectivity index (χ3n) is 2.38. The van der Waals surface area contributed by atoms with Crippen LogP contribution in [-0.2, 0) is 10.0 Å². The summed E-state index contributed by atoms with van der Waals surface area (Å²) in [5.41, 5.74) is 0. The van der Waals surface area contributed by atoms with Crippen molar-refractivity contribution in [3.05, 3.63) is 12.5 Å².